The predicted octanol–water partition coefficient (Wildman–Crippen LogP) is 3.53. The summed E-state index contributed by atoms with van der Waals surface area (Å²) in [4.78, 5) is 31.7. The number of H-pyrrole nitrogens is 1. The molecule has 0 bridgehead atoms. The molecule has 0 saturated heterocycles. The summed E-state index contributed by atoms with van der Waals surface area (Å²) < 4.78 is 5.36. The number of amides is 3. The van der Waals surface area contributed by atoms with Gasteiger partial charge in [0.15, 0.2) is 5.65 Å². The number of carbonyl (C=O) groups excluding carboxylic acids is 2. The quantitative estimate of drug-likeness (QED) is 0.399. The van der Waals surface area contributed by atoms with E-state index in [4.69, 9.17) is 4.74 Å². The Morgan fingerprint density at radius 3 is 2.91 bits per heavy atom. The molecular formula is C26H26N6O3. The van der Waals surface area contributed by atoms with Crippen LogP contribution in [0.2, 0.25) is 0 Å². The minimum absolute atomic E-state index is 0.196. The molecule has 1 aliphatic rings. The van der Waals surface area contributed by atoms with Crippen molar-refractivity contribution in [2.24, 2.45) is 0 Å². The summed E-state index contributed by atoms with van der Waals surface area (Å²) in [5.41, 5.74) is 5.05. The van der Waals surface area contributed by atoms with Gasteiger partial charge in [-0.15, -0.1) is 0 Å². The van der Waals surface area contributed by atoms with Crippen molar-refractivity contribution < 1.29 is 14.3 Å². The van der Waals surface area contributed by atoms with Crippen LogP contribution in [-0.4, -0.2) is 52.2 Å². The third-order valence-corrected chi connectivity index (χ3v) is 6.21. The van der Waals surface area contributed by atoms with Crippen LogP contribution in [0.4, 0.5) is 10.5 Å². The Kier molecular flexibility index (Phi) is 6.30. The van der Waals surface area contributed by atoms with Gasteiger partial charge >= 0.3 is 6.03 Å². The number of para-hydroxylation sites is 1. The molecule has 0 aliphatic carbocycles. The SMILES string of the molecule is COc1ccccc1CCNC(=O)c1cccc(NC(=O)N2CCc3c(cnc4[nH]ncc34)C2)c1. The van der Waals surface area contributed by atoms with Gasteiger partial charge in [-0.2, -0.15) is 5.10 Å². The summed E-state index contributed by atoms with van der Waals surface area (Å²) in [6.45, 7) is 1.53. The molecule has 3 N–H and O–H groups in total. The largest absolute Gasteiger partial charge is 0.496 e. The number of nitrogens with one attached hydrogen (secondary N) is 3. The highest BCUT2D eigenvalue weighted by atomic mass is 16.5. The van der Waals surface area contributed by atoms with Gasteiger partial charge in [0, 0.05) is 42.5 Å². The molecule has 178 valence electrons. The van der Waals surface area contributed by atoms with Crippen LogP contribution in [0.15, 0.2) is 60.9 Å². The highest BCUT2D eigenvalue weighted by molar-refractivity contribution is 5.97. The summed E-state index contributed by atoms with van der Waals surface area (Å²) in [5.74, 6) is 0.606. The maximum Gasteiger partial charge on any atom is 0.322 e. The molecule has 3 heterocycles. The molecule has 0 spiro atoms. The van der Waals surface area contributed by atoms with Crippen molar-refractivity contribution in [1.82, 2.24) is 25.4 Å². The van der Waals surface area contributed by atoms with Gasteiger partial charge in [-0.25, -0.2) is 9.78 Å². The Balaban J connectivity index is 1.19. The molecule has 1 aliphatic heterocycles. The van der Waals surface area contributed by atoms with Gasteiger partial charge in [0.1, 0.15) is 5.75 Å². The molecule has 2 aromatic carbocycles. The number of fused-ring (bicyclic) bond motifs is 3. The number of ether oxygens (including phenoxy) is 1. The summed E-state index contributed by atoms with van der Waals surface area (Å²) in [6, 6.07) is 14.5. The zero-order valence-electron chi connectivity index (χ0n) is 19.4. The average molecular weight is 471 g/mol. The van der Waals surface area contributed by atoms with E-state index in [0.29, 0.717) is 37.3 Å². The van der Waals surface area contributed by atoms with Crippen molar-refractivity contribution in [3.63, 3.8) is 0 Å². The van der Waals surface area contributed by atoms with Crippen LogP contribution >= 0.6 is 0 Å². The minimum atomic E-state index is -0.211. The first-order valence-corrected chi connectivity index (χ1v) is 11.5. The molecular weight excluding hydrogens is 444 g/mol. The topological polar surface area (TPSA) is 112 Å². The fourth-order valence-corrected chi connectivity index (χ4v) is 4.39. The summed E-state index contributed by atoms with van der Waals surface area (Å²) in [6.07, 6.45) is 4.97. The number of hydrogen-bond acceptors (Lipinski definition) is 5. The molecule has 0 radical (unpaired) electrons. The number of aromatic amines is 1. The van der Waals surface area contributed by atoms with Gasteiger partial charge in [-0.1, -0.05) is 24.3 Å². The zero-order valence-corrected chi connectivity index (χ0v) is 19.4. The van der Waals surface area contributed by atoms with Gasteiger partial charge < -0.3 is 20.3 Å². The molecule has 0 atom stereocenters. The second-order valence-corrected chi connectivity index (χ2v) is 8.39. The first-order valence-electron chi connectivity index (χ1n) is 11.5. The lowest BCUT2D eigenvalue weighted by Crippen LogP contribution is -2.39. The van der Waals surface area contributed by atoms with Crippen LogP contribution < -0.4 is 15.4 Å². The summed E-state index contributed by atoms with van der Waals surface area (Å²) in [7, 11) is 1.63. The lowest BCUT2D eigenvalue weighted by atomic mass is 9.99. The fraction of sp³-hybridized carbons (Fsp3) is 0.231. The summed E-state index contributed by atoms with van der Waals surface area (Å²) in [5, 5.41) is 13.8. The van der Waals surface area contributed by atoms with Gasteiger partial charge in [0.2, 0.25) is 0 Å². The van der Waals surface area contributed by atoms with E-state index in [9.17, 15) is 9.59 Å². The molecule has 0 fully saturated rings. The number of urea groups is 1. The van der Waals surface area contributed by atoms with Crippen molar-refractivity contribution in [1.29, 1.82) is 0 Å². The zero-order chi connectivity index (χ0) is 24.2. The number of methoxy groups -OCH3 is 1. The standard InChI is InChI=1S/C26H26N6O3/c1-35-23-8-3-2-5-17(23)9-11-27-25(33)18-6-4-7-20(13-18)30-26(34)32-12-10-21-19(16-32)14-28-24-22(21)15-29-31-24/h2-8,13-15H,9-12,16H2,1H3,(H,27,33)(H,30,34)(H,28,29,31). The number of anilines is 1. The smallest absolute Gasteiger partial charge is 0.322 e. The van der Waals surface area contributed by atoms with Crippen LogP contribution in [-0.2, 0) is 19.4 Å². The molecule has 0 unspecified atom stereocenters. The Labute approximate surface area is 202 Å². The van der Waals surface area contributed by atoms with E-state index in [-0.39, 0.29) is 11.9 Å². The van der Waals surface area contributed by atoms with Crippen molar-refractivity contribution in [2.75, 3.05) is 25.5 Å². The predicted molar refractivity (Wildman–Crippen MR) is 132 cm³/mol. The fourth-order valence-electron chi connectivity index (χ4n) is 4.39. The second-order valence-electron chi connectivity index (χ2n) is 8.39. The monoisotopic (exact) mass is 470 g/mol. The first-order chi connectivity index (χ1) is 17.1. The highest BCUT2D eigenvalue weighted by Crippen LogP contribution is 2.25. The van der Waals surface area contributed by atoms with Gasteiger partial charge in [0.05, 0.1) is 13.3 Å². The van der Waals surface area contributed by atoms with Crippen LogP contribution in [0.5, 0.6) is 5.75 Å². The van der Waals surface area contributed by atoms with Crippen molar-refractivity contribution >= 4 is 28.7 Å². The second kappa shape index (κ2) is 9.84. The molecule has 3 amide bonds. The number of carbonyl (C=O) groups is 2. The van der Waals surface area contributed by atoms with E-state index < -0.39 is 0 Å². The van der Waals surface area contributed by atoms with E-state index >= 15 is 0 Å². The number of hydrogen-bond donors (Lipinski definition) is 3. The van der Waals surface area contributed by atoms with Crippen molar-refractivity contribution in [3.8, 4) is 5.75 Å². The normalized spacial score (nSPS) is 12.8. The van der Waals surface area contributed by atoms with Crippen LogP contribution in [0.25, 0.3) is 11.0 Å². The van der Waals surface area contributed by atoms with E-state index in [1.165, 1.54) is 5.56 Å². The van der Waals surface area contributed by atoms with Crippen molar-refractivity contribution in [2.45, 2.75) is 19.4 Å². The molecule has 0 saturated carbocycles. The Bertz CT molecular complexity index is 1380. The minimum Gasteiger partial charge on any atom is -0.496 e. The molecule has 2 aromatic heterocycles. The lowest BCUT2D eigenvalue weighted by molar-refractivity contribution is 0.0954. The van der Waals surface area contributed by atoms with Crippen LogP contribution in [0.3, 0.4) is 0 Å². The first kappa shape index (κ1) is 22.4. The van der Waals surface area contributed by atoms with Crippen molar-refractivity contribution in [3.05, 3.63) is 83.2 Å². The maximum atomic E-state index is 12.9. The molecule has 35 heavy (non-hydrogen) atoms. The third kappa shape index (κ3) is 4.79. The molecule has 9 heteroatoms. The third-order valence-electron chi connectivity index (χ3n) is 6.21. The average Bonchev–Trinajstić information content (AvgIpc) is 3.38. The number of rotatable bonds is 6. The van der Waals surface area contributed by atoms with Crippen LogP contribution in [0.1, 0.15) is 27.0 Å². The number of benzene rings is 2. The van der Waals surface area contributed by atoms with Crippen LogP contribution in [0, 0.1) is 0 Å². The Morgan fingerprint density at radius 1 is 1.14 bits per heavy atom. The van der Waals surface area contributed by atoms with Gasteiger partial charge in [-0.3, -0.25) is 9.89 Å². The van der Waals surface area contributed by atoms with E-state index in [1.54, 1.807) is 48.7 Å². The van der Waals surface area contributed by atoms with Gasteiger partial charge in [0.25, 0.3) is 5.91 Å². The Hall–Kier alpha value is -4.40. The maximum absolute atomic E-state index is 12.9. The van der Waals surface area contributed by atoms with E-state index in [0.717, 1.165) is 34.3 Å². The van der Waals surface area contributed by atoms with E-state index in [1.807, 2.05) is 24.3 Å². The van der Waals surface area contributed by atoms with E-state index in [2.05, 4.69) is 25.8 Å². The number of pyridine rings is 1. The molecule has 4 aromatic rings. The summed E-state index contributed by atoms with van der Waals surface area (Å²) >= 11 is 0. The lowest BCUT2D eigenvalue weighted by Gasteiger charge is -2.29. The Morgan fingerprint density at radius 2 is 2.03 bits per heavy atom. The number of nitrogens with zero attached hydrogens (tertiary/aromatic N) is 3. The van der Waals surface area contributed by atoms with Gasteiger partial charge in [-0.05, 0) is 53.8 Å². The molecule has 9 nitrogen and oxygen atoms in total. The molecule has 5 rings (SSSR count). The highest BCUT2D eigenvalue weighted by Gasteiger charge is 2.23. The number of aromatic nitrogens is 3.